The Morgan fingerprint density at radius 3 is 2.79 bits per heavy atom. The van der Waals surface area contributed by atoms with Gasteiger partial charge in [-0.2, -0.15) is 0 Å². The molecule has 0 aromatic heterocycles. The minimum atomic E-state index is -0.0267. The molecule has 0 unspecified atom stereocenters. The first-order chi connectivity index (χ1) is 9.26. The molecule has 104 valence electrons. The van der Waals surface area contributed by atoms with Crippen LogP contribution in [0.2, 0.25) is 0 Å². The van der Waals surface area contributed by atoms with E-state index in [1.54, 1.807) is 12.0 Å². The van der Waals surface area contributed by atoms with Crippen molar-refractivity contribution in [2.75, 3.05) is 33.4 Å². The number of nitrogens with zero attached hydrogens (tertiary/aromatic N) is 1. The summed E-state index contributed by atoms with van der Waals surface area (Å²) in [5.41, 5.74) is 0.957. The molecule has 0 radical (unpaired) electrons. The molecule has 5 nitrogen and oxygen atoms in total. The molecule has 1 aliphatic heterocycles. The number of hydrogen-bond acceptors (Lipinski definition) is 4. The first-order valence-corrected chi connectivity index (χ1v) is 6.48. The standard InChI is InChI=1S/C14H20N2O3/c1-19-13-5-3-2-4-11(13)10-16(6-7-17)14(18)12-8-15-9-12/h2-5,12,15,17H,6-10H2,1H3. The lowest BCUT2D eigenvalue weighted by Crippen LogP contribution is -2.52. The van der Waals surface area contributed by atoms with Crippen molar-refractivity contribution in [3.8, 4) is 5.75 Å². The molecular formula is C14H20N2O3. The van der Waals surface area contributed by atoms with Crippen LogP contribution in [-0.2, 0) is 11.3 Å². The number of amides is 1. The number of methoxy groups -OCH3 is 1. The maximum atomic E-state index is 12.3. The molecule has 1 fully saturated rings. The summed E-state index contributed by atoms with van der Waals surface area (Å²) in [5.74, 6) is 0.907. The minimum Gasteiger partial charge on any atom is -0.496 e. The van der Waals surface area contributed by atoms with Gasteiger partial charge in [0.2, 0.25) is 5.91 Å². The van der Waals surface area contributed by atoms with Crippen LogP contribution in [0.15, 0.2) is 24.3 Å². The predicted molar refractivity (Wildman–Crippen MR) is 71.9 cm³/mol. The lowest BCUT2D eigenvalue weighted by molar-refractivity contribution is -0.138. The molecular weight excluding hydrogens is 244 g/mol. The molecule has 1 aromatic rings. The highest BCUT2D eigenvalue weighted by atomic mass is 16.5. The summed E-state index contributed by atoms with van der Waals surface area (Å²) in [5, 5.41) is 12.2. The fourth-order valence-corrected chi connectivity index (χ4v) is 2.15. The Morgan fingerprint density at radius 1 is 1.47 bits per heavy atom. The Bertz CT molecular complexity index is 432. The topological polar surface area (TPSA) is 61.8 Å². The Labute approximate surface area is 113 Å². The van der Waals surface area contributed by atoms with E-state index in [0.717, 1.165) is 24.4 Å². The monoisotopic (exact) mass is 264 g/mol. The van der Waals surface area contributed by atoms with Gasteiger partial charge in [0.05, 0.1) is 19.6 Å². The highest BCUT2D eigenvalue weighted by Gasteiger charge is 2.29. The van der Waals surface area contributed by atoms with Crippen LogP contribution < -0.4 is 10.1 Å². The van der Waals surface area contributed by atoms with Gasteiger partial charge in [-0.3, -0.25) is 4.79 Å². The molecule has 1 saturated heterocycles. The third kappa shape index (κ3) is 3.24. The van der Waals surface area contributed by atoms with Gasteiger partial charge in [0.1, 0.15) is 5.75 Å². The van der Waals surface area contributed by atoms with Gasteiger partial charge in [0.15, 0.2) is 0 Å². The predicted octanol–water partition coefficient (Wildman–Crippen LogP) is 0.235. The fraction of sp³-hybridized carbons (Fsp3) is 0.500. The van der Waals surface area contributed by atoms with Crippen molar-refractivity contribution in [3.63, 3.8) is 0 Å². The summed E-state index contributed by atoms with van der Waals surface area (Å²) in [6.07, 6.45) is 0. The van der Waals surface area contributed by atoms with Gasteiger partial charge in [0, 0.05) is 31.7 Å². The van der Waals surface area contributed by atoms with Crippen molar-refractivity contribution in [2.24, 2.45) is 5.92 Å². The SMILES string of the molecule is COc1ccccc1CN(CCO)C(=O)C1CNC1. The first-order valence-electron chi connectivity index (χ1n) is 6.48. The minimum absolute atomic E-state index is 0.0267. The van der Waals surface area contributed by atoms with Gasteiger partial charge < -0.3 is 20.1 Å². The molecule has 0 atom stereocenters. The van der Waals surface area contributed by atoms with Gasteiger partial charge in [-0.05, 0) is 6.07 Å². The van der Waals surface area contributed by atoms with E-state index in [1.165, 1.54) is 0 Å². The van der Waals surface area contributed by atoms with Crippen LogP contribution in [0, 0.1) is 5.92 Å². The third-order valence-electron chi connectivity index (χ3n) is 3.37. The van der Waals surface area contributed by atoms with Crippen molar-refractivity contribution in [1.82, 2.24) is 10.2 Å². The average Bonchev–Trinajstić information content (AvgIpc) is 2.36. The number of benzene rings is 1. The largest absolute Gasteiger partial charge is 0.496 e. The van der Waals surface area contributed by atoms with Crippen molar-refractivity contribution >= 4 is 5.91 Å². The number of hydrogen-bond donors (Lipinski definition) is 2. The molecule has 2 rings (SSSR count). The van der Waals surface area contributed by atoms with Crippen molar-refractivity contribution < 1.29 is 14.6 Å². The molecule has 0 bridgehead atoms. The quantitative estimate of drug-likeness (QED) is 0.772. The molecule has 1 amide bonds. The maximum absolute atomic E-state index is 12.3. The third-order valence-corrected chi connectivity index (χ3v) is 3.37. The molecule has 1 aromatic carbocycles. The summed E-state index contributed by atoms with van der Waals surface area (Å²) >= 11 is 0. The zero-order valence-corrected chi connectivity index (χ0v) is 11.1. The molecule has 5 heteroatoms. The number of carbonyl (C=O) groups excluding carboxylic acids is 1. The highest BCUT2D eigenvalue weighted by Crippen LogP contribution is 2.20. The number of rotatable bonds is 6. The van der Waals surface area contributed by atoms with E-state index in [-0.39, 0.29) is 18.4 Å². The zero-order chi connectivity index (χ0) is 13.7. The van der Waals surface area contributed by atoms with Crippen LogP contribution in [0.3, 0.4) is 0 Å². The molecule has 0 spiro atoms. The summed E-state index contributed by atoms with van der Waals surface area (Å²) in [6.45, 7) is 2.26. The number of aliphatic hydroxyl groups excluding tert-OH is 1. The zero-order valence-electron chi connectivity index (χ0n) is 11.1. The molecule has 19 heavy (non-hydrogen) atoms. The number of aliphatic hydroxyl groups is 1. The summed E-state index contributed by atoms with van der Waals surface area (Å²) in [7, 11) is 1.62. The lowest BCUT2D eigenvalue weighted by Gasteiger charge is -2.32. The molecule has 0 saturated carbocycles. The van der Waals surface area contributed by atoms with E-state index in [9.17, 15) is 4.79 Å². The second kappa shape index (κ2) is 6.54. The molecule has 0 aliphatic carbocycles. The number of carbonyl (C=O) groups is 1. The van der Waals surface area contributed by atoms with E-state index in [0.29, 0.717) is 13.1 Å². The van der Waals surface area contributed by atoms with Crippen LogP contribution in [0.25, 0.3) is 0 Å². The van der Waals surface area contributed by atoms with Gasteiger partial charge in [-0.25, -0.2) is 0 Å². The van der Waals surface area contributed by atoms with Gasteiger partial charge in [0.25, 0.3) is 0 Å². The second-order valence-corrected chi connectivity index (χ2v) is 4.65. The second-order valence-electron chi connectivity index (χ2n) is 4.65. The van der Waals surface area contributed by atoms with Crippen LogP contribution in [0.1, 0.15) is 5.56 Å². The van der Waals surface area contributed by atoms with E-state index in [2.05, 4.69) is 5.32 Å². The van der Waals surface area contributed by atoms with E-state index in [4.69, 9.17) is 9.84 Å². The van der Waals surface area contributed by atoms with E-state index >= 15 is 0 Å². The Kier molecular flexibility index (Phi) is 4.76. The molecule has 1 heterocycles. The average molecular weight is 264 g/mol. The van der Waals surface area contributed by atoms with Gasteiger partial charge in [-0.15, -0.1) is 0 Å². The van der Waals surface area contributed by atoms with Gasteiger partial charge in [-0.1, -0.05) is 18.2 Å². The lowest BCUT2D eigenvalue weighted by atomic mass is 10.0. The van der Waals surface area contributed by atoms with Crippen LogP contribution >= 0.6 is 0 Å². The summed E-state index contributed by atoms with van der Waals surface area (Å²) < 4.78 is 5.29. The summed E-state index contributed by atoms with van der Waals surface area (Å²) in [4.78, 5) is 14.0. The number of ether oxygens (including phenoxy) is 1. The van der Waals surface area contributed by atoms with Crippen molar-refractivity contribution in [1.29, 1.82) is 0 Å². The van der Waals surface area contributed by atoms with Crippen LogP contribution in [0.4, 0.5) is 0 Å². The fourth-order valence-electron chi connectivity index (χ4n) is 2.15. The maximum Gasteiger partial charge on any atom is 0.228 e. The smallest absolute Gasteiger partial charge is 0.228 e. The highest BCUT2D eigenvalue weighted by molar-refractivity contribution is 5.80. The van der Waals surface area contributed by atoms with E-state index in [1.807, 2.05) is 24.3 Å². The number of nitrogens with one attached hydrogen (secondary N) is 1. The Morgan fingerprint density at radius 2 is 2.21 bits per heavy atom. The first kappa shape index (κ1) is 13.8. The molecule has 2 N–H and O–H groups in total. The van der Waals surface area contributed by atoms with Crippen molar-refractivity contribution in [2.45, 2.75) is 6.54 Å². The van der Waals surface area contributed by atoms with Crippen molar-refractivity contribution in [3.05, 3.63) is 29.8 Å². The molecule has 1 aliphatic rings. The van der Waals surface area contributed by atoms with Crippen LogP contribution in [0.5, 0.6) is 5.75 Å². The Hall–Kier alpha value is -1.59. The van der Waals surface area contributed by atoms with Gasteiger partial charge >= 0.3 is 0 Å². The summed E-state index contributed by atoms with van der Waals surface area (Å²) in [6, 6.07) is 7.64. The normalized spacial score (nSPS) is 14.8. The van der Waals surface area contributed by atoms with E-state index < -0.39 is 0 Å². The number of para-hydroxylation sites is 1. The Balaban J connectivity index is 2.08. The van der Waals surface area contributed by atoms with Crippen LogP contribution in [-0.4, -0.2) is 49.3 Å².